The van der Waals surface area contributed by atoms with Gasteiger partial charge in [0.15, 0.2) is 0 Å². The number of ether oxygens (including phenoxy) is 3. The number of carboxylic acids is 3. The number of nitrogens with zero attached hydrogens (tertiary/aromatic N) is 2. The van der Waals surface area contributed by atoms with E-state index >= 15 is 0 Å². The lowest BCUT2D eigenvalue weighted by molar-refractivity contribution is -0.143. The van der Waals surface area contributed by atoms with E-state index in [0.29, 0.717) is 25.9 Å². The molecule has 1 aliphatic rings. The van der Waals surface area contributed by atoms with Gasteiger partial charge in [-0.25, -0.2) is 24.2 Å². The first-order valence-corrected chi connectivity index (χ1v) is 13.3. The molecule has 16 heteroatoms. The highest BCUT2D eigenvalue weighted by Gasteiger charge is 2.29. The topological polar surface area (TPSA) is 235 Å². The second-order valence-electron chi connectivity index (χ2n) is 12.3. The number of alkyl carbamates (subject to hydrolysis) is 1. The number of aliphatic carboxylic acids is 2. The summed E-state index contributed by atoms with van der Waals surface area (Å²) in [6.07, 6.45) is 1.02. The van der Waals surface area contributed by atoms with Gasteiger partial charge in [-0.15, -0.1) is 0 Å². The number of carbonyl (C=O) groups is 6. The number of aromatic nitrogens is 2. The summed E-state index contributed by atoms with van der Waals surface area (Å²) >= 11 is 0. The standard InChI is InChI=1S/C11H19NO4.C9H12N2O4.C7H13NO4/c1-11(2,3)16-10(15)12-6-4-8(5-7-12)9(13)14;1-9(2,3)15-8(14)6-10-4-5(11-6)7(12)13;1-7(2,3)12-6(11)8-4-5(9)10/h8H,4-7H2,1-3H3,(H,13,14);4H,1-3H3,(H,10,11)(H,12,13);4H2,1-3H3,(H,8,11)(H,9,10). The predicted octanol–water partition coefficient (Wildman–Crippen LogP) is 3.38. The van der Waals surface area contributed by atoms with Crippen LogP contribution in [0.2, 0.25) is 0 Å². The number of nitrogens with one attached hydrogen (secondary N) is 2. The average Bonchev–Trinajstić information content (AvgIpc) is 3.32. The number of carboxylic acid groups (broad SMARTS) is 3. The fourth-order valence-electron chi connectivity index (χ4n) is 2.96. The van der Waals surface area contributed by atoms with Crippen molar-refractivity contribution in [3.63, 3.8) is 0 Å². The molecule has 0 saturated carbocycles. The van der Waals surface area contributed by atoms with Crippen LogP contribution < -0.4 is 5.32 Å². The van der Waals surface area contributed by atoms with Gasteiger partial charge in [-0.05, 0) is 75.2 Å². The normalized spacial score (nSPS) is 13.7. The molecule has 0 spiro atoms. The summed E-state index contributed by atoms with van der Waals surface area (Å²) < 4.78 is 15.0. The van der Waals surface area contributed by atoms with Crippen molar-refractivity contribution in [2.75, 3.05) is 19.6 Å². The van der Waals surface area contributed by atoms with E-state index in [1.807, 2.05) is 20.8 Å². The first-order valence-electron chi connectivity index (χ1n) is 13.3. The van der Waals surface area contributed by atoms with E-state index in [2.05, 4.69) is 15.3 Å². The molecule has 1 aromatic rings. The zero-order valence-electron chi connectivity index (χ0n) is 26.1. The molecule has 1 aliphatic heterocycles. The second kappa shape index (κ2) is 16.3. The number of rotatable bonds is 5. The van der Waals surface area contributed by atoms with Crippen LogP contribution in [0.5, 0.6) is 0 Å². The van der Waals surface area contributed by atoms with Crippen molar-refractivity contribution in [2.45, 2.75) is 92.0 Å². The van der Waals surface area contributed by atoms with Crippen molar-refractivity contribution >= 4 is 36.1 Å². The van der Waals surface area contributed by atoms with Crippen LogP contribution in [-0.2, 0) is 23.8 Å². The van der Waals surface area contributed by atoms with Gasteiger partial charge in [0, 0.05) is 13.1 Å². The van der Waals surface area contributed by atoms with Crippen molar-refractivity contribution in [1.82, 2.24) is 20.2 Å². The van der Waals surface area contributed by atoms with E-state index < -0.39 is 53.3 Å². The van der Waals surface area contributed by atoms with E-state index in [4.69, 9.17) is 29.5 Å². The monoisotopic (exact) mass is 616 g/mol. The number of piperidine rings is 1. The zero-order valence-corrected chi connectivity index (χ0v) is 26.1. The van der Waals surface area contributed by atoms with Crippen LogP contribution in [0.15, 0.2) is 6.20 Å². The Hall–Kier alpha value is -4.37. The summed E-state index contributed by atoms with van der Waals surface area (Å²) in [6.45, 7) is 16.2. The van der Waals surface area contributed by atoms with Crippen LogP contribution in [0, 0.1) is 5.92 Å². The number of hydrogen-bond donors (Lipinski definition) is 5. The summed E-state index contributed by atoms with van der Waals surface area (Å²) in [5.74, 6) is -4.14. The third kappa shape index (κ3) is 18.6. The molecule has 1 aromatic heterocycles. The Morgan fingerprint density at radius 2 is 1.35 bits per heavy atom. The summed E-state index contributed by atoms with van der Waals surface area (Å²) in [5.41, 5.74) is -1.87. The molecular formula is C27H44N4O12. The molecule has 1 fully saturated rings. The fraction of sp³-hybridized carbons (Fsp3) is 0.667. The van der Waals surface area contributed by atoms with Gasteiger partial charge in [-0.3, -0.25) is 9.59 Å². The molecule has 0 atom stereocenters. The highest BCUT2D eigenvalue weighted by atomic mass is 16.6. The van der Waals surface area contributed by atoms with Gasteiger partial charge in [0.25, 0.3) is 0 Å². The molecule has 2 amide bonds. The third-order valence-electron chi connectivity index (χ3n) is 4.68. The summed E-state index contributed by atoms with van der Waals surface area (Å²) in [6, 6.07) is 0. The van der Waals surface area contributed by atoms with Crippen LogP contribution in [0.4, 0.5) is 9.59 Å². The van der Waals surface area contributed by atoms with Crippen molar-refractivity contribution in [2.24, 2.45) is 5.92 Å². The summed E-state index contributed by atoms with van der Waals surface area (Å²) in [4.78, 5) is 72.6. The molecule has 5 N–H and O–H groups in total. The number of aromatic carboxylic acids is 1. The van der Waals surface area contributed by atoms with Crippen molar-refractivity contribution in [3.8, 4) is 0 Å². The molecule has 0 bridgehead atoms. The van der Waals surface area contributed by atoms with Crippen molar-refractivity contribution in [3.05, 3.63) is 17.7 Å². The summed E-state index contributed by atoms with van der Waals surface area (Å²) in [5, 5.41) is 27.7. The molecule has 244 valence electrons. The van der Waals surface area contributed by atoms with E-state index in [9.17, 15) is 28.8 Å². The maximum absolute atomic E-state index is 11.6. The van der Waals surface area contributed by atoms with Gasteiger partial charge >= 0.3 is 36.1 Å². The summed E-state index contributed by atoms with van der Waals surface area (Å²) in [7, 11) is 0. The highest BCUT2D eigenvalue weighted by Crippen LogP contribution is 2.19. The van der Waals surface area contributed by atoms with E-state index in [0.717, 1.165) is 6.20 Å². The largest absolute Gasteiger partial charge is 0.481 e. The number of esters is 1. The number of carbonyl (C=O) groups excluding carboxylic acids is 3. The Bertz CT molecular complexity index is 1120. The van der Waals surface area contributed by atoms with E-state index in [1.54, 1.807) is 46.4 Å². The number of hydrogen-bond acceptors (Lipinski definition) is 10. The minimum atomic E-state index is -1.17. The highest BCUT2D eigenvalue weighted by molar-refractivity contribution is 5.90. The Morgan fingerprint density at radius 1 is 0.860 bits per heavy atom. The lowest BCUT2D eigenvalue weighted by atomic mass is 9.97. The van der Waals surface area contributed by atoms with Crippen LogP contribution in [0.3, 0.4) is 0 Å². The number of likely N-dealkylation sites (tertiary alicyclic amines) is 1. The van der Waals surface area contributed by atoms with Gasteiger partial charge in [0.1, 0.15) is 29.0 Å². The zero-order chi connectivity index (χ0) is 33.8. The lowest BCUT2D eigenvalue weighted by Crippen LogP contribution is -2.42. The molecule has 43 heavy (non-hydrogen) atoms. The maximum Gasteiger partial charge on any atom is 0.410 e. The molecule has 1 saturated heterocycles. The number of imidazole rings is 1. The molecule has 0 aromatic carbocycles. The average molecular weight is 617 g/mol. The van der Waals surface area contributed by atoms with Crippen LogP contribution in [0.1, 0.15) is 96.3 Å². The molecule has 0 unspecified atom stereocenters. The third-order valence-corrected chi connectivity index (χ3v) is 4.68. The minimum Gasteiger partial charge on any atom is -0.481 e. The Kier molecular flexibility index (Phi) is 14.7. The predicted molar refractivity (Wildman–Crippen MR) is 151 cm³/mol. The fourth-order valence-corrected chi connectivity index (χ4v) is 2.96. The molecule has 0 radical (unpaired) electrons. The minimum absolute atomic E-state index is 0.109. The quantitative estimate of drug-likeness (QED) is 0.236. The van der Waals surface area contributed by atoms with Crippen molar-refractivity contribution in [1.29, 1.82) is 0 Å². The Morgan fingerprint density at radius 3 is 1.72 bits per heavy atom. The Labute approximate surface area is 250 Å². The molecule has 2 heterocycles. The van der Waals surface area contributed by atoms with Gasteiger partial charge in [-0.2, -0.15) is 0 Å². The molecule has 0 aliphatic carbocycles. The van der Waals surface area contributed by atoms with Gasteiger partial charge in [-0.1, -0.05) is 0 Å². The number of amides is 2. The second-order valence-corrected chi connectivity index (χ2v) is 12.3. The first kappa shape index (κ1) is 38.6. The van der Waals surface area contributed by atoms with Crippen LogP contribution >= 0.6 is 0 Å². The van der Waals surface area contributed by atoms with Gasteiger partial charge in [0.05, 0.1) is 12.1 Å². The van der Waals surface area contributed by atoms with E-state index in [-0.39, 0.29) is 23.5 Å². The number of aromatic amines is 1. The van der Waals surface area contributed by atoms with Crippen molar-refractivity contribution < 1.29 is 58.3 Å². The SMILES string of the molecule is CC(C)(C)OC(=O)N1CCC(C(=O)O)CC1.CC(C)(C)OC(=O)NCC(=O)O.CC(C)(C)OC(=O)c1ncc(C(=O)O)[nH]1. The first-order chi connectivity index (χ1) is 19.4. The van der Waals surface area contributed by atoms with Crippen LogP contribution in [0.25, 0.3) is 0 Å². The number of H-pyrrole nitrogens is 1. The maximum atomic E-state index is 11.6. The lowest BCUT2D eigenvalue weighted by Gasteiger charge is -2.32. The van der Waals surface area contributed by atoms with Crippen LogP contribution in [-0.4, -0.2) is 103 Å². The van der Waals surface area contributed by atoms with Gasteiger partial charge in [0.2, 0.25) is 5.82 Å². The van der Waals surface area contributed by atoms with Gasteiger partial charge < -0.3 is 44.7 Å². The molecule has 2 rings (SSSR count). The smallest absolute Gasteiger partial charge is 0.410 e. The Balaban J connectivity index is 0.000000623. The van der Waals surface area contributed by atoms with E-state index in [1.165, 1.54) is 0 Å². The molecular weight excluding hydrogens is 572 g/mol. The molecule has 16 nitrogen and oxygen atoms in total.